The van der Waals surface area contributed by atoms with Gasteiger partial charge in [-0.05, 0) is 37.6 Å². The van der Waals surface area contributed by atoms with Crippen LogP contribution < -0.4 is 34.0 Å². The molecule has 0 aromatic heterocycles. The van der Waals surface area contributed by atoms with Crippen molar-refractivity contribution in [2.75, 3.05) is 26.2 Å². The van der Waals surface area contributed by atoms with Crippen LogP contribution in [-0.2, 0) is 28.8 Å². The lowest BCUT2D eigenvalue weighted by atomic mass is 10.1. The zero-order valence-corrected chi connectivity index (χ0v) is 23.4. The van der Waals surface area contributed by atoms with Crippen LogP contribution >= 0.6 is 0 Å². The third kappa shape index (κ3) is 44.6. The first-order chi connectivity index (χ1) is 18.2. The summed E-state index contributed by atoms with van der Waals surface area (Å²) < 4.78 is 0. The molecule has 0 radical (unpaired) electrons. The first-order valence-corrected chi connectivity index (χ1v) is 11.9. The molecule has 1 heterocycles. The summed E-state index contributed by atoms with van der Waals surface area (Å²) in [7, 11) is 0. The van der Waals surface area contributed by atoms with Gasteiger partial charge in [-0.25, -0.2) is 0 Å². The van der Waals surface area contributed by atoms with Gasteiger partial charge in [-0.3, -0.25) is 28.8 Å². The van der Waals surface area contributed by atoms with Crippen LogP contribution in [0.15, 0.2) is 0 Å². The number of carboxylic acids is 6. The van der Waals surface area contributed by atoms with E-state index in [9.17, 15) is 28.8 Å². The van der Waals surface area contributed by atoms with Crippen molar-refractivity contribution in [1.29, 1.82) is 0 Å². The average molecular weight is 589 g/mol. The molecule has 0 unspecified atom stereocenters. The van der Waals surface area contributed by atoms with E-state index >= 15 is 0 Å². The summed E-state index contributed by atoms with van der Waals surface area (Å²) in [5.74, 6) is -5.09. The number of hydrogen-bond donors (Lipinski definition) is 12. The quantitative estimate of drug-likeness (QED) is 0.131. The standard InChI is InChI=1S/C6H13NO2.C5H9NO2.C5H11NO2.3C2H5NO2/c1-4(2)3-5(7)6(8)9;7-5(8)4-2-1-3-6-4;1-3(2)4(6)5(7)8;3*3-1-2(4)5/h4-5H,3,7H2,1-2H3,(H,8,9);4,6H,1-3H2,(H,7,8);3-4H,6H2,1-2H3,(H,7,8);3*1,3H2,(H,4,5)/t5-;2*4-;;;/m000.../s1. The van der Waals surface area contributed by atoms with Crippen molar-refractivity contribution in [2.24, 2.45) is 40.5 Å². The Kier molecular flexibility index (Phi) is 35.0. The predicted molar refractivity (Wildman–Crippen MR) is 144 cm³/mol. The van der Waals surface area contributed by atoms with Crippen LogP contribution in [0.3, 0.4) is 0 Å². The van der Waals surface area contributed by atoms with Crippen molar-refractivity contribution in [3.63, 3.8) is 0 Å². The molecule has 238 valence electrons. The number of nitrogens with one attached hydrogen (secondary N) is 1. The van der Waals surface area contributed by atoms with E-state index in [2.05, 4.69) is 22.5 Å². The second-order valence-electron chi connectivity index (χ2n) is 8.46. The predicted octanol–water partition coefficient (Wildman–Crippen LogP) is -2.59. The SMILES string of the molecule is CC(C)C[C@H](N)C(=O)O.CC(C)[C@H](N)C(=O)O.NCC(=O)O.NCC(=O)O.NCC(=O)O.O=C(O)[C@@H]1CCCN1. The molecule has 1 saturated heterocycles. The van der Waals surface area contributed by atoms with Gasteiger partial charge in [0, 0.05) is 0 Å². The molecule has 1 rings (SSSR count). The molecule has 18 heteroatoms. The topological polar surface area (TPSA) is 366 Å². The minimum Gasteiger partial charge on any atom is -0.480 e. The van der Waals surface area contributed by atoms with Gasteiger partial charge in [0.05, 0.1) is 19.6 Å². The van der Waals surface area contributed by atoms with Gasteiger partial charge in [0.25, 0.3) is 0 Å². The van der Waals surface area contributed by atoms with E-state index < -0.39 is 47.9 Å². The molecule has 0 amide bonds. The Hall–Kier alpha value is -3.42. The van der Waals surface area contributed by atoms with Crippen molar-refractivity contribution in [3.05, 3.63) is 0 Å². The Balaban J connectivity index is -0.000000125. The van der Waals surface area contributed by atoms with Crippen LogP contribution in [0.25, 0.3) is 0 Å². The zero-order chi connectivity index (χ0) is 33.0. The Morgan fingerprint density at radius 3 is 1.15 bits per heavy atom. The Morgan fingerprint density at radius 1 is 0.725 bits per heavy atom. The van der Waals surface area contributed by atoms with E-state index in [-0.39, 0.29) is 31.6 Å². The maximum Gasteiger partial charge on any atom is 0.320 e. The molecule has 17 N–H and O–H groups in total. The molecule has 1 aliphatic rings. The lowest BCUT2D eigenvalue weighted by Gasteiger charge is -2.07. The lowest BCUT2D eigenvalue weighted by Crippen LogP contribution is -2.34. The summed E-state index contributed by atoms with van der Waals surface area (Å²) in [4.78, 5) is 58.0. The van der Waals surface area contributed by atoms with Gasteiger partial charge in [0.2, 0.25) is 0 Å². The van der Waals surface area contributed by atoms with Crippen molar-refractivity contribution in [1.82, 2.24) is 5.32 Å². The molecule has 18 nitrogen and oxygen atoms in total. The molecule has 0 aromatic rings. The van der Waals surface area contributed by atoms with E-state index in [1.165, 1.54) is 0 Å². The fraction of sp³-hybridized carbons (Fsp3) is 0.727. The first kappa shape index (κ1) is 46.4. The van der Waals surface area contributed by atoms with Crippen LogP contribution in [0, 0.1) is 11.8 Å². The van der Waals surface area contributed by atoms with Crippen molar-refractivity contribution in [3.8, 4) is 0 Å². The van der Waals surface area contributed by atoms with E-state index in [0.29, 0.717) is 12.3 Å². The molecule has 0 bridgehead atoms. The van der Waals surface area contributed by atoms with Crippen molar-refractivity contribution in [2.45, 2.75) is 65.1 Å². The fourth-order valence-electron chi connectivity index (χ4n) is 1.79. The Morgan fingerprint density at radius 2 is 1.07 bits per heavy atom. The van der Waals surface area contributed by atoms with Gasteiger partial charge in [-0.1, -0.05) is 27.7 Å². The summed E-state index contributed by atoms with van der Waals surface area (Å²) in [5.41, 5.74) is 24.1. The monoisotopic (exact) mass is 588 g/mol. The number of nitrogens with two attached hydrogens (primary N) is 5. The van der Waals surface area contributed by atoms with Crippen molar-refractivity contribution >= 4 is 35.8 Å². The molecule has 0 spiro atoms. The third-order valence-corrected chi connectivity index (χ3v) is 3.93. The Labute approximate surface area is 232 Å². The molecule has 0 saturated carbocycles. The second-order valence-corrected chi connectivity index (χ2v) is 8.46. The summed E-state index contributed by atoms with van der Waals surface area (Å²) in [6.45, 7) is 7.47. The maximum atomic E-state index is 10.1. The van der Waals surface area contributed by atoms with E-state index in [1.807, 2.05) is 13.8 Å². The largest absolute Gasteiger partial charge is 0.480 e. The minimum absolute atomic E-state index is 0.0208. The highest BCUT2D eigenvalue weighted by atomic mass is 16.4. The van der Waals surface area contributed by atoms with Crippen LogP contribution in [0.5, 0.6) is 0 Å². The molecule has 3 atom stereocenters. The van der Waals surface area contributed by atoms with Gasteiger partial charge < -0.3 is 64.6 Å². The third-order valence-electron chi connectivity index (χ3n) is 3.93. The molecule has 40 heavy (non-hydrogen) atoms. The minimum atomic E-state index is -0.968. The summed E-state index contributed by atoms with van der Waals surface area (Å²) >= 11 is 0. The molecule has 0 aromatic carbocycles. The summed E-state index contributed by atoms with van der Waals surface area (Å²) in [5, 5.41) is 50.5. The maximum absolute atomic E-state index is 10.1. The van der Waals surface area contributed by atoms with E-state index in [1.54, 1.807) is 13.8 Å². The lowest BCUT2D eigenvalue weighted by molar-refractivity contribution is -0.140. The fourth-order valence-corrected chi connectivity index (χ4v) is 1.79. The molecule has 0 aliphatic carbocycles. The number of hydrogen-bond acceptors (Lipinski definition) is 12. The van der Waals surface area contributed by atoms with Crippen molar-refractivity contribution < 1.29 is 59.4 Å². The number of carboxylic acid groups (broad SMARTS) is 6. The first-order valence-electron chi connectivity index (χ1n) is 11.9. The highest BCUT2D eigenvalue weighted by Crippen LogP contribution is 2.03. The van der Waals surface area contributed by atoms with Gasteiger partial charge >= 0.3 is 35.8 Å². The van der Waals surface area contributed by atoms with E-state index in [0.717, 1.165) is 19.4 Å². The number of rotatable bonds is 9. The smallest absolute Gasteiger partial charge is 0.320 e. The van der Waals surface area contributed by atoms with Gasteiger partial charge in [0.15, 0.2) is 0 Å². The number of aliphatic carboxylic acids is 6. The van der Waals surface area contributed by atoms with Gasteiger partial charge in [0.1, 0.15) is 18.1 Å². The summed E-state index contributed by atoms with van der Waals surface area (Å²) in [6, 6.07) is -1.67. The van der Waals surface area contributed by atoms with Gasteiger partial charge in [-0.15, -0.1) is 0 Å². The normalized spacial score (nSPS) is 14.3. The van der Waals surface area contributed by atoms with E-state index in [4.69, 9.17) is 42.1 Å². The molecular weight excluding hydrogens is 540 g/mol. The van der Waals surface area contributed by atoms with Crippen LogP contribution in [0.1, 0.15) is 47.0 Å². The molecular formula is C22H48N6O12. The molecule has 1 fully saturated rings. The van der Waals surface area contributed by atoms with Crippen LogP contribution in [0.2, 0.25) is 0 Å². The number of carbonyl (C=O) groups is 6. The Bertz CT molecular complexity index is 671. The highest BCUT2D eigenvalue weighted by molar-refractivity contribution is 5.74. The van der Waals surface area contributed by atoms with Crippen LogP contribution in [0.4, 0.5) is 0 Å². The summed E-state index contributed by atoms with van der Waals surface area (Å²) in [6.07, 6.45) is 2.33. The average Bonchev–Trinajstić information content (AvgIpc) is 3.40. The zero-order valence-electron chi connectivity index (χ0n) is 23.4. The van der Waals surface area contributed by atoms with Gasteiger partial charge in [-0.2, -0.15) is 0 Å². The second kappa shape index (κ2) is 30.1. The van der Waals surface area contributed by atoms with Crippen LogP contribution in [-0.4, -0.2) is 111 Å². The highest BCUT2D eigenvalue weighted by Gasteiger charge is 2.20. The molecule has 1 aliphatic heterocycles.